The van der Waals surface area contributed by atoms with Gasteiger partial charge >= 0.3 is 12.4 Å². The van der Waals surface area contributed by atoms with E-state index in [2.05, 4.69) is 15.3 Å². The van der Waals surface area contributed by atoms with E-state index in [1.165, 1.54) is 6.92 Å². The molecule has 11 heteroatoms. The zero-order valence-electron chi connectivity index (χ0n) is 15.2. The van der Waals surface area contributed by atoms with Crippen LogP contribution in [0, 0.1) is 6.92 Å². The van der Waals surface area contributed by atoms with Crippen molar-refractivity contribution in [2.45, 2.75) is 25.3 Å². The largest absolute Gasteiger partial charge is 0.438 e. The second kappa shape index (κ2) is 7.81. The zero-order valence-corrected chi connectivity index (χ0v) is 15.2. The minimum atomic E-state index is -4.80. The third-order valence-corrected chi connectivity index (χ3v) is 4.22. The molecule has 0 aliphatic rings. The standard InChI is InChI=1S/C19H13F6N3O2/c1-10-16(30-9-27-10)17(29)28-14(11-4-6-12(7-5-11)18(20,21)22)15-13(19(23,24)25)3-2-8-26-15/h2-9,14H,1H3,(H,28,29)/t14-/m0/s1. The van der Waals surface area contributed by atoms with E-state index in [-0.39, 0.29) is 17.0 Å². The monoisotopic (exact) mass is 429 g/mol. The molecule has 1 aromatic carbocycles. The number of amides is 1. The molecule has 0 aliphatic carbocycles. The Labute approximate surface area is 165 Å². The Kier molecular flexibility index (Phi) is 5.55. The molecule has 0 spiro atoms. The zero-order chi connectivity index (χ0) is 22.1. The highest BCUT2D eigenvalue weighted by Gasteiger charge is 2.37. The summed E-state index contributed by atoms with van der Waals surface area (Å²) in [5, 5.41) is 2.35. The molecule has 0 saturated heterocycles. The summed E-state index contributed by atoms with van der Waals surface area (Å²) in [5.74, 6) is -1.13. The molecule has 2 heterocycles. The summed E-state index contributed by atoms with van der Waals surface area (Å²) >= 11 is 0. The van der Waals surface area contributed by atoms with Crippen molar-refractivity contribution in [1.29, 1.82) is 0 Å². The fourth-order valence-corrected chi connectivity index (χ4v) is 2.78. The van der Waals surface area contributed by atoms with Gasteiger partial charge in [-0.3, -0.25) is 9.78 Å². The third kappa shape index (κ3) is 4.44. The normalized spacial score (nSPS) is 13.2. The number of alkyl halides is 6. The molecule has 0 bridgehead atoms. The molecule has 158 valence electrons. The number of nitrogens with one attached hydrogen (secondary N) is 1. The second-order valence-corrected chi connectivity index (χ2v) is 6.23. The van der Waals surface area contributed by atoms with E-state index in [1.807, 2.05) is 0 Å². The summed E-state index contributed by atoms with van der Waals surface area (Å²) < 4.78 is 84.0. The molecule has 0 radical (unpaired) electrons. The fraction of sp³-hybridized carbons (Fsp3) is 0.211. The van der Waals surface area contributed by atoms with Crippen LogP contribution in [-0.2, 0) is 12.4 Å². The molecule has 3 rings (SSSR count). The van der Waals surface area contributed by atoms with Crippen molar-refractivity contribution < 1.29 is 35.6 Å². The van der Waals surface area contributed by atoms with Gasteiger partial charge in [0.15, 0.2) is 6.39 Å². The number of aryl methyl sites for hydroxylation is 1. The first-order valence-corrected chi connectivity index (χ1v) is 8.38. The van der Waals surface area contributed by atoms with Crippen LogP contribution in [0.2, 0.25) is 0 Å². The molecule has 1 atom stereocenters. The van der Waals surface area contributed by atoms with E-state index in [1.54, 1.807) is 0 Å². The van der Waals surface area contributed by atoms with Crippen molar-refractivity contribution in [3.8, 4) is 0 Å². The molecule has 0 saturated carbocycles. The van der Waals surface area contributed by atoms with Gasteiger partial charge in [-0.15, -0.1) is 0 Å². The van der Waals surface area contributed by atoms with Crippen molar-refractivity contribution >= 4 is 5.91 Å². The number of carbonyl (C=O) groups is 1. The molecule has 1 N–H and O–H groups in total. The van der Waals surface area contributed by atoms with Crippen LogP contribution in [-0.4, -0.2) is 15.9 Å². The summed E-state index contributed by atoms with van der Waals surface area (Å²) in [7, 11) is 0. The van der Waals surface area contributed by atoms with Gasteiger partial charge in [0.1, 0.15) is 0 Å². The molecule has 2 aromatic heterocycles. The molecule has 0 aliphatic heterocycles. The number of hydrogen-bond donors (Lipinski definition) is 1. The van der Waals surface area contributed by atoms with Gasteiger partial charge in [-0.1, -0.05) is 12.1 Å². The Balaban J connectivity index is 2.08. The van der Waals surface area contributed by atoms with E-state index in [4.69, 9.17) is 4.42 Å². The predicted octanol–water partition coefficient (Wildman–Crippen LogP) is 4.94. The highest BCUT2D eigenvalue weighted by molar-refractivity contribution is 5.92. The molecule has 3 aromatic rings. The van der Waals surface area contributed by atoms with Crippen molar-refractivity contribution in [1.82, 2.24) is 15.3 Å². The lowest BCUT2D eigenvalue weighted by atomic mass is 9.97. The van der Waals surface area contributed by atoms with E-state index >= 15 is 0 Å². The quantitative estimate of drug-likeness (QED) is 0.597. The summed E-state index contributed by atoms with van der Waals surface area (Å²) in [6, 6.07) is 3.73. The number of benzene rings is 1. The maximum atomic E-state index is 13.5. The number of pyridine rings is 1. The van der Waals surface area contributed by atoms with Crippen LogP contribution < -0.4 is 5.32 Å². The van der Waals surface area contributed by atoms with Gasteiger partial charge < -0.3 is 9.73 Å². The Morgan fingerprint density at radius 2 is 1.67 bits per heavy atom. The Bertz CT molecular complexity index is 1040. The number of nitrogens with zero attached hydrogens (tertiary/aromatic N) is 2. The first-order valence-electron chi connectivity index (χ1n) is 8.38. The molecular weight excluding hydrogens is 416 g/mol. The van der Waals surface area contributed by atoms with Gasteiger partial charge in [-0.2, -0.15) is 26.3 Å². The summed E-state index contributed by atoms with van der Waals surface area (Å²) in [6.45, 7) is 1.45. The average Bonchev–Trinajstić information content (AvgIpc) is 3.11. The number of hydrogen-bond acceptors (Lipinski definition) is 4. The smallest absolute Gasteiger partial charge is 0.418 e. The minimum absolute atomic E-state index is 0.0299. The van der Waals surface area contributed by atoms with Gasteiger partial charge in [-0.05, 0) is 36.8 Å². The van der Waals surface area contributed by atoms with Crippen LogP contribution in [0.3, 0.4) is 0 Å². The SMILES string of the molecule is Cc1ncoc1C(=O)N[C@@H](c1ccc(C(F)(F)F)cc1)c1ncccc1C(F)(F)F. The average molecular weight is 429 g/mol. The van der Waals surface area contributed by atoms with Crippen molar-refractivity contribution in [3.63, 3.8) is 0 Å². The van der Waals surface area contributed by atoms with E-state index in [9.17, 15) is 31.1 Å². The van der Waals surface area contributed by atoms with Gasteiger partial charge in [0.05, 0.1) is 28.6 Å². The van der Waals surface area contributed by atoms with Gasteiger partial charge in [0, 0.05) is 6.20 Å². The van der Waals surface area contributed by atoms with E-state index in [0.717, 1.165) is 36.9 Å². The van der Waals surface area contributed by atoms with Crippen molar-refractivity contribution in [2.24, 2.45) is 0 Å². The van der Waals surface area contributed by atoms with Crippen LogP contribution in [0.25, 0.3) is 0 Å². The fourth-order valence-electron chi connectivity index (χ4n) is 2.78. The second-order valence-electron chi connectivity index (χ2n) is 6.23. The lowest BCUT2D eigenvalue weighted by Crippen LogP contribution is -2.32. The van der Waals surface area contributed by atoms with Crippen molar-refractivity contribution in [2.75, 3.05) is 0 Å². The van der Waals surface area contributed by atoms with E-state index in [0.29, 0.717) is 12.1 Å². The number of rotatable bonds is 4. The number of halogens is 6. The van der Waals surface area contributed by atoms with Gasteiger partial charge in [0.25, 0.3) is 5.91 Å². The lowest BCUT2D eigenvalue weighted by Gasteiger charge is -2.22. The molecule has 5 nitrogen and oxygen atoms in total. The maximum Gasteiger partial charge on any atom is 0.418 e. The predicted molar refractivity (Wildman–Crippen MR) is 91.2 cm³/mol. The maximum absolute atomic E-state index is 13.5. The van der Waals surface area contributed by atoms with Crippen LogP contribution in [0.4, 0.5) is 26.3 Å². The van der Waals surface area contributed by atoms with Crippen LogP contribution in [0.15, 0.2) is 53.4 Å². The topological polar surface area (TPSA) is 68.0 Å². The Hall–Kier alpha value is -3.37. The molecule has 0 unspecified atom stereocenters. The van der Waals surface area contributed by atoms with Gasteiger partial charge in [-0.25, -0.2) is 4.98 Å². The third-order valence-electron chi connectivity index (χ3n) is 4.22. The summed E-state index contributed by atoms with van der Waals surface area (Å²) in [4.78, 5) is 20.0. The summed E-state index contributed by atoms with van der Waals surface area (Å²) in [5.41, 5.74) is -2.53. The van der Waals surface area contributed by atoms with E-state index < -0.39 is 41.1 Å². The van der Waals surface area contributed by atoms with Gasteiger partial charge in [0.2, 0.25) is 5.76 Å². The molecule has 30 heavy (non-hydrogen) atoms. The summed E-state index contributed by atoms with van der Waals surface area (Å²) in [6.07, 6.45) is -7.36. The number of carbonyl (C=O) groups excluding carboxylic acids is 1. The molecule has 0 fully saturated rings. The van der Waals surface area contributed by atoms with Crippen LogP contribution >= 0.6 is 0 Å². The number of oxazole rings is 1. The van der Waals surface area contributed by atoms with Crippen LogP contribution in [0.5, 0.6) is 0 Å². The number of aromatic nitrogens is 2. The van der Waals surface area contributed by atoms with Crippen LogP contribution in [0.1, 0.15) is 44.7 Å². The first kappa shape index (κ1) is 21.3. The molecular formula is C19H13F6N3O2. The lowest BCUT2D eigenvalue weighted by molar-refractivity contribution is -0.139. The Morgan fingerprint density at radius 1 is 1.00 bits per heavy atom. The first-order chi connectivity index (χ1) is 14.0. The highest BCUT2D eigenvalue weighted by atomic mass is 19.4. The minimum Gasteiger partial charge on any atom is -0.438 e. The Morgan fingerprint density at radius 3 is 2.20 bits per heavy atom. The molecule has 1 amide bonds. The van der Waals surface area contributed by atoms with Crippen molar-refractivity contribution in [3.05, 3.63) is 82.8 Å². The highest BCUT2D eigenvalue weighted by Crippen LogP contribution is 2.36.